The molecule has 0 aromatic carbocycles. The van der Waals surface area contributed by atoms with E-state index in [1.807, 2.05) is 6.08 Å². The molecular formula is C47H87NO3. The first-order valence-corrected chi connectivity index (χ1v) is 22.4. The Morgan fingerprint density at radius 1 is 0.451 bits per heavy atom. The third-order valence-electron chi connectivity index (χ3n) is 10.0. The van der Waals surface area contributed by atoms with Crippen molar-refractivity contribution in [3.63, 3.8) is 0 Å². The lowest BCUT2D eigenvalue weighted by molar-refractivity contribution is -0.123. The molecule has 0 aliphatic carbocycles. The molecule has 1 amide bonds. The number of hydrogen-bond donors (Lipinski definition) is 3. The molecule has 0 bridgehead atoms. The molecule has 298 valence electrons. The van der Waals surface area contributed by atoms with E-state index in [1.54, 1.807) is 6.08 Å². The van der Waals surface area contributed by atoms with Crippen LogP contribution in [0.25, 0.3) is 0 Å². The van der Waals surface area contributed by atoms with Crippen LogP contribution in [0, 0.1) is 0 Å². The van der Waals surface area contributed by atoms with Crippen molar-refractivity contribution < 1.29 is 15.0 Å². The molecule has 0 rings (SSSR count). The number of aliphatic hydroxyl groups is 2. The van der Waals surface area contributed by atoms with Gasteiger partial charge in [0.1, 0.15) is 0 Å². The van der Waals surface area contributed by atoms with Crippen LogP contribution >= 0.6 is 0 Å². The van der Waals surface area contributed by atoms with E-state index >= 15 is 0 Å². The molecule has 0 saturated heterocycles. The van der Waals surface area contributed by atoms with Gasteiger partial charge in [0.15, 0.2) is 0 Å². The minimum absolute atomic E-state index is 0.0816. The highest BCUT2D eigenvalue weighted by molar-refractivity contribution is 5.76. The van der Waals surface area contributed by atoms with Gasteiger partial charge in [0.2, 0.25) is 5.91 Å². The van der Waals surface area contributed by atoms with Gasteiger partial charge in [0.25, 0.3) is 0 Å². The summed E-state index contributed by atoms with van der Waals surface area (Å²) in [5.74, 6) is -0.0816. The third-order valence-corrected chi connectivity index (χ3v) is 10.0. The number of hydrogen-bond acceptors (Lipinski definition) is 3. The quantitative estimate of drug-likeness (QED) is 0.0437. The Bertz CT molecular complexity index is 816. The normalized spacial score (nSPS) is 13.4. The van der Waals surface area contributed by atoms with Gasteiger partial charge in [-0.05, 0) is 70.6 Å². The van der Waals surface area contributed by atoms with Crippen molar-refractivity contribution in [1.29, 1.82) is 0 Å². The van der Waals surface area contributed by atoms with Crippen molar-refractivity contribution in [3.05, 3.63) is 48.6 Å². The van der Waals surface area contributed by atoms with E-state index in [2.05, 4.69) is 55.6 Å². The monoisotopic (exact) mass is 714 g/mol. The molecule has 0 saturated carbocycles. The van der Waals surface area contributed by atoms with Crippen LogP contribution in [0.15, 0.2) is 48.6 Å². The average molecular weight is 714 g/mol. The Morgan fingerprint density at radius 3 is 1.14 bits per heavy atom. The van der Waals surface area contributed by atoms with Crippen molar-refractivity contribution in [1.82, 2.24) is 5.32 Å². The van der Waals surface area contributed by atoms with Crippen molar-refractivity contribution >= 4 is 5.91 Å². The van der Waals surface area contributed by atoms with Gasteiger partial charge in [-0.1, -0.05) is 197 Å². The second-order valence-corrected chi connectivity index (χ2v) is 15.1. The van der Waals surface area contributed by atoms with E-state index in [9.17, 15) is 15.0 Å². The highest BCUT2D eigenvalue weighted by atomic mass is 16.3. The number of amides is 1. The molecule has 0 radical (unpaired) electrons. The fourth-order valence-corrected chi connectivity index (χ4v) is 6.56. The third kappa shape index (κ3) is 39.4. The van der Waals surface area contributed by atoms with Crippen molar-refractivity contribution in [2.45, 2.75) is 238 Å². The lowest BCUT2D eigenvalue weighted by Gasteiger charge is -2.19. The second-order valence-electron chi connectivity index (χ2n) is 15.1. The van der Waals surface area contributed by atoms with Gasteiger partial charge in [-0.25, -0.2) is 0 Å². The summed E-state index contributed by atoms with van der Waals surface area (Å²) in [7, 11) is 0. The molecule has 0 aliphatic heterocycles. The molecule has 2 unspecified atom stereocenters. The Kier molecular flexibility index (Phi) is 41.4. The SMILES string of the molecule is CCCCCCC/C=C/CC/C=C/CC/C=C/C(O)C(CO)NC(=O)CCCCCCCCCC/C=C\CCCCCCCCCCCCCC. The first kappa shape index (κ1) is 49.4. The molecule has 2 atom stereocenters. The maximum Gasteiger partial charge on any atom is 0.220 e. The van der Waals surface area contributed by atoms with Gasteiger partial charge in [-0.2, -0.15) is 0 Å². The minimum atomic E-state index is -0.871. The molecule has 4 nitrogen and oxygen atoms in total. The van der Waals surface area contributed by atoms with Crippen LogP contribution in [-0.4, -0.2) is 34.9 Å². The number of carbonyl (C=O) groups is 1. The van der Waals surface area contributed by atoms with Gasteiger partial charge in [0, 0.05) is 6.42 Å². The molecule has 0 fully saturated rings. The molecule has 0 heterocycles. The zero-order valence-electron chi connectivity index (χ0n) is 34.1. The number of rotatable bonds is 40. The highest BCUT2D eigenvalue weighted by Crippen LogP contribution is 2.14. The van der Waals surface area contributed by atoms with Crippen LogP contribution < -0.4 is 5.32 Å². The van der Waals surface area contributed by atoms with Crippen LogP contribution in [0.3, 0.4) is 0 Å². The summed E-state index contributed by atoms with van der Waals surface area (Å²) in [6, 6.07) is -0.646. The lowest BCUT2D eigenvalue weighted by atomic mass is 10.0. The molecule has 0 aromatic heterocycles. The van der Waals surface area contributed by atoms with Crippen molar-refractivity contribution in [2.24, 2.45) is 0 Å². The maximum atomic E-state index is 12.4. The Hall–Kier alpha value is -1.65. The molecule has 3 N–H and O–H groups in total. The summed E-state index contributed by atoms with van der Waals surface area (Å²) in [6.45, 7) is 4.28. The standard InChI is InChI=1S/C47H87NO3/c1-3-5-7-9-11-13-15-17-19-20-21-22-23-24-25-26-27-29-31-33-35-37-39-41-43-47(51)48-45(44-49)46(50)42-40-38-36-34-32-30-28-18-16-14-12-10-8-6-4-2/h16,18,24-25,32,34,40,42,45-46,49-50H,3-15,17,19-23,26-31,33,35-39,41,43-44H2,1-2H3,(H,48,51)/b18-16+,25-24-,34-32+,42-40+. The summed E-state index contributed by atoms with van der Waals surface area (Å²) in [6.07, 6.45) is 57.9. The molecular weight excluding hydrogens is 627 g/mol. The van der Waals surface area contributed by atoms with Gasteiger partial charge in [0.05, 0.1) is 18.8 Å². The number of aliphatic hydroxyl groups excluding tert-OH is 2. The first-order valence-electron chi connectivity index (χ1n) is 22.4. The van der Waals surface area contributed by atoms with Crippen LogP contribution in [0.2, 0.25) is 0 Å². The van der Waals surface area contributed by atoms with E-state index in [-0.39, 0.29) is 12.5 Å². The van der Waals surface area contributed by atoms with Gasteiger partial charge in [-0.3, -0.25) is 4.79 Å². The Morgan fingerprint density at radius 2 is 0.765 bits per heavy atom. The smallest absolute Gasteiger partial charge is 0.220 e. The van der Waals surface area contributed by atoms with Crippen LogP contribution in [0.4, 0.5) is 0 Å². The lowest BCUT2D eigenvalue weighted by Crippen LogP contribution is -2.45. The topological polar surface area (TPSA) is 69.6 Å². The van der Waals surface area contributed by atoms with E-state index in [4.69, 9.17) is 0 Å². The van der Waals surface area contributed by atoms with E-state index in [0.717, 1.165) is 38.5 Å². The largest absolute Gasteiger partial charge is 0.394 e. The number of carbonyl (C=O) groups excluding carboxylic acids is 1. The zero-order valence-corrected chi connectivity index (χ0v) is 34.1. The molecule has 0 aromatic rings. The zero-order chi connectivity index (χ0) is 37.1. The fraction of sp³-hybridized carbons (Fsp3) is 0.809. The van der Waals surface area contributed by atoms with Crippen molar-refractivity contribution in [2.75, 3.05) is 6.61 Å². The summed E-state index contributed by atoms with van der Waals surface area (Å²) < 4.78 is 0. The van der Waals surface area contributed by atoms with E-state index in [0.29, 0.717) is 6.42 Å². The molecule has 4 heteroatoms. The number of unbranched alkanes of at least 4 members (excludes halogenated alkanes) is 27. The predicted octanol–water partition coefficient (Wildman–Crippen LogP) is 14.0. The predicted molar refractivity (Wildman–Crippen MR) is 225 cm³/mol. The number of allylic oxidation sites excluding steroid dienone is 7. The van der Waals surface area contributed by atoms with Crippen LogP contribution in [0.5, 0.6) is 0 Å². The fourth-order valence-electron chi connectivity index (χ4n) is 6.56. The van der Waals surface area contributed by atoms with Crippen LogP contribution in [0.1, 0.15) is 226 Å². The maximum absolute atomic E-state index is 12.4. The summed E-state index contributed by atoms with van der Waals surface area (Å²) in [5.41, 5.74) is 0. The van der Waals surface area contributed by atoms with E-state index < -0.39 is 12.1 Å². The average Bonchev–Trinajstić information content (AvgIpc) is 3.13. The Balaban J connectivity index is 3.59. The minimum Gasteiger partial charge on any atom is -0.394 e. The van der Waals surface area contributed by atoms with E-state index in [1.165, 1.54) is 167 Å². The van der Waals surface area contributed by atoms with Crippen LogP contribution in [-0.2, 0) is 4.79 Å². The summed E-state index contributed by atoms with van der Waals surface area (Å²) in [4.78, 5) is 12.4. The summed E-state index contributed by atoms with van der Waals surface area (Å²) >= 11 is 0. The highest BCUT2D eigenvalue weighted by Gasteiger charge is 2.17. The Labute approximate surface area is 318 Å². The van der Waals surface area contributed by atoms with Gasteiger partial charge in [-0.15, -0.1) is 0 Å². The first-order chi connectivity index (χ1) is 25.2. The van der Waals surface area contributed by atoms with Gasteiger partial charge < -0.3 is 15.5 Å². The second kappa shape index (κ2) is 42.8. The molecule has 0 spiro atoms. The van der Waals surface area contributed by atoms with Crippen molar-refractivity contribution in [3.8, 4) is 0 Å². The number of nitrogens with one attached hydrogen (secondary N) is 1. The molecule has 51 heavy (non-hydrogen) atoms. The summed E-state index contributed by atoms with van der Waals surface area (Å²) in [5, 5.41) is 23.0. The van der Waals surface area contributed by atoms with Gasteiger partial charge >= 0.3 is 0 Å². The molecule has 0 aliphatic rings.